The minimum absolute atomic E-state index is 0.0967. The van der Waals surface area contributed by atoms with Crippen LogP contribution in [0.5, 0.6) is 0 Å². The Hall–Kier alpha value is -0.800. The Morgan fingerprint density at radius 1 is 1.40 bits per heavy atom. The predicted octanol–water partition coefficient (Wildman–Crippen LogP) is -2.98. The lowest BCUT2D eigenvalue weighted by atomic mass is 9.88. The summed E-state index contributed by atoms with van der Waals surface area (Å²) in [5.41, 5.74) is 7.20. The first kappa shape index (κ1) is 12.3. The standard InChI is InChI=1S/C7H13N3O4S/c8-7(15)10-9-4-2(11)1-3(12)5(13)6(4)14/h2-3,5-6,11-14H,1H2,(H3,8,10,15)/b9-4-/t2-,3+,5+,6-/m1/s1. The van der Waals surface area contributed by atoms with E-state index in [1.54, 1.807) is 0 Å². The number of hydrogen-bond donors (Lipinski definition) is 6. The fraction of sp³-hybridized carbons (Fsp3) is 0.714. The number of nitrogens with two attached hydrogens (primary N) is 1. The zero-order valence-electron chi connectivity index (χ0n) is 7.74. The SMILES string of the molecule is NC(=S)N/N=C1/[C@H](O)C[C@H](O)[C@H](O)[C@@H]1O. The maximum atomic E-state index is 9.47. The molecule has 86 valence electrons. The summed E-state index contributed by atoms with van der Waals surface area (Å²) in [6.45, 7) is 0. The molecule has 0 aromatic rings. The van der Waals surface area contributed by atoms with Crippen molar-refractivity contribution >= 4 is 23.0 Å². The van der Waals surface area contributed by atoms with Crippen molar-refractivity contribution in [1.29, 1.82) is 0 Å². The second-order valence-corrected chi connectivity index (χ2v) is 3.71. The van der Waals surface area contributed by atoms with Gasteiger partial charge in [-0.05, 0) is 12.2 Å². The summed E-state index contributed by atoms with van der Waals surface area (Å²) in [4.78, 5) is 0. The van der Waals surface area contributed by atoms with E-state index in [1.165, 1.54) is 0 Å². The Kier molecular flexibility index (Phi) is 3.94. The molecule has 1 fully saturated rings. The summed E-state index contributed by atoms with van der Waals surface area (Å²) in [7, 11) is 0. The molecule has 0 bridgehead atoms. The summed E-state index contributed by atoms with van der Waals surface area (Å²) < 4.78 is 0. The van der Waals surface area contributed by atoms with E-state index in [9.17, 15) is 20.4 Å². The third-order valence-electron chi connectivity index (χ3n) is 2.12. The second-order valence-electron chi connectivity index (χ2n) is 3.27. The van der Waals surface area contributed by atoms with E-state index in [1.807, 2.05) is 0 Å². The molecule has 8 heteroatoms. The van der Waals surface area contributed by atoms with Gasteiger partial charge in [0, 0.05) is 6.42 Å². The van der Waals surface area contributed by atoms with Gasteiger partial charge in [-0.3, -0.25) is 5.43 Å². The first-order valence-corrected chi connectivity index (χ1v) is 4.69. The van der Waals surface area contributed by atoms with Crippen molar-refractivity contribution in [2.75, 3.05) is 0 Å². The smallest absolute Gasteiger partial charge is 0.184 e. The molecular weight excluding hydrogens is 222 g/mol. The molecule has 0 spiro atoms. The van der Waals surface area contributed by atoms with Gasteiger partial charge in [0.05, 0.1) is 17.9 Å². The van der Waals surface area contributed by atoms with Crippen LogP contribution in [0.1, 0.15) is 6.42 Å². The molecule has 15 heavy (non-hydrogen) atoms. The molecule has 1 aliphatic rings. The van der Waals surface area contributed by atoms with Crippen molar-refractivity contribution in [1.82, 2.24) is 5.43 Å². The van der Waals surface area contributed by atoms with Crippen LogP contribution < -0.4 is 11.2 Å². The second kappa shape index (κ2) is 4.81. The average molecular weight is 235 g/mol. The van der Waals surface area contributed by atoms with E-state index >= 15 is 0 Å². The van der Waals surface area contributed by atoms with E-state index in [0.717, 1.165) is 0 Å². The maximum absolute atomic E-state index is 9.47. The van der Waals surface area contributed by atoms with Gasteiger partial charge in [0.25, 0.3) is 0 Å². The highest BCUT2D eigenvalue weighted by Gasteiger charge is 2.39. The summed E-state index contributed by atoms with van der Waals surface area (Å²) in [6, 6.07) is 0. The van der Waals surface area contributed by atoms with Crippen molar-refractivity contribution in [2.24, 2.45) is 10.8 Å². The number of aliphatic hydroxyl groups is 4. The molecule has 0 unspecified atom stereocenters. The van der Waals surface area contributed by atoms with E-state index in [4.69, 9.17) is 5.73 Å². The lowest BCUT2D eigenvalue weighted by Gasteiger charge is -2.32. The summed E-state index contributed by atoms with van der Waals surface area (Å²) in [5, 5.41) is 40.9. The van der Waals surface area contributed by atoms with E-state index in [2.05, 4.69) is 22.7 Å². The van der Waals surface area contributed by atoms with Crippen LogP contribution in [0.2, 0.25) is 0 Å². The van der Waals surface area contributed by atoms with Crippen LogP contribution in [-0.2, 0) is 0 Å². The van der Waals surface area contributed by atoms with Crippen molar-refractivity contribution in [3.05, 3.63) is 0 Å². The number of rotatable bonds is 1. The molecule has 0 amide bonds. The van der Waals surface area contributed by atoms with Crippen LogP contribution in [0.25, 0.3) is 0 Å². The van der Waals surface area contributed by atoms with Crippen molar-refractivity contribution < 1.29 is 20.4 Å². The third kappa shape index (κ3) is 2.83. The summed E-state index contributed by atoms with van der Waals surface area (Å²) in [5.74, 6) is 0. The molecule has 4 atom stereocenters. The molecule has 0 aliphatic heterocycles. The van der Waals surface area contributed by atoms with Crippen LogP contribution in [0, 0.1) is 0 Å². The molecule has 7 nitrogen and oxygen atoms in total. The van der Waals surface area contributed by atoms with Gasteiger partial charge in [-0.15, -0.1) is 0 Å². The number of thiocarbonyl (C=S) groups is 1. The van der Waals surface area contributed by atoms with Gasteiger partial charge in [-0.1, -0.05) is 0 Å². The highest BCUT2D eigenvalue weighted by Crippen LogP contribution is 2.17. The Balaban J connectivity index is 2.78. The molecule has 0 aromatic heterocycles. The van der Waals surface area contributed by atoms with Gasteiger partial charge >= 0.3 is 0 Å². The molecule has 1 aliphatic carbocycles. The van der Waals surface area contributed by atoms with Crippen LogP contribution in [0.3, 0.4) is 0 Å². The van der Waals surface area contributed by atoms with Crippen LogP contribution in [0.15, 0.2) is 5.10 Å². The Labute approximate surface area is 91.2 Å². The number of nitrogens with zero attached hydrogens (tertiary/aromatic N) is 1. The van der Waals surface area contributed by atoms with Crippen molar-refractivity contribution in [2.45, 2.75) is 30.8 Å². The van der Waals surface area contributed by atoms with Crippen molar-refractivity contribution in [3.8, 4) is 0 Å². The molecular formula is C7H13N3O4S. The van der Waals surface area contributed by atoms with Crippen molar-refractivity contribution in [3.63, 3.8) is 0 Å². The Bertz CT molecular complexity index is 285. The molecule has 0 radical (unpaired) electrons. The van der Waals surface area contributed by atoms with Gasteiger partial charge in [0.15, 0.2) is 5.11 Å². The average Bonchev–Trinajstić information content (AvgIpc) is 2.14. The minimum atomic E-state index is -1.44. The number of nitrogens with one attached hydrogen (secondary N) is 1. The zero-order valence-corrected chi connectivity index (χ0v) is 8.55. The molecule has 1 rings (SSSR count). The van der Waals surface area contributed by atoms with Crippen LogP contribution >= 0.6 is 12.2 Å². The topological polar surface area (TPSA) is 131 Å². The summed E-state index contributed by atoms with van der Waals surface area (Å²) >= 11 is 4.48. The maximum Gasteiger partial charge on any atom is 0.184 e. The van der Waals surface area contributed by atoms with Gasteiger partial charge in [-0.25, -0.2) is 0 Å². The zero-order chi connectivity index (χ0) is 11.6. The quantitative estimate of drug-likeness (QED) is 0.211. The molecule has 0 aromatic carbocycles. The minimum Gasteiger partial charge on any atom is -0.390 e. The van der Waals surface area contributed by atoms with E-state index in [-0.39, 0.29) is 17.2 Å². The van der Waals surface area contributed by atoms with E-state index < -0.39 is 24.4 Å². The normalized spacial score (nSPS) is 39.1. The lowest BCUT2D eigenvalue weighted by Crippen LogP contribution is -2.54. The molecule has 0 heterocycles. The largest absolute Gasteiger partial charge is 0.390 e. The Morgan fingerprint density at radius 2 is 2.00 bits per heavy atom. The summed E-state index contributed by atoms with van der Waals surface area (Å²) in [6.07, 6.45) is -5.24. The number of aliphatic hydroxyl groups excluding tert-OH is 4. The van der Waals surface area contributed by atoms with Gasteiger partial charge < -0.3 is 26.2 Å². The number of hydrogen-bond acceptors (Lipinski definition) is 6. The van der Waals surface area contributed by atoms with Gasteiger partial charge in [0.2, 0.25) is 0 Å². The fourth-order valence-electron chi connectivity index (χ4n) is 1.33. The third-order valence-corrected chi connectivity index (χ3v) is 2.21. The predicted molar refractivity (Wildman–Crippen MR) is 56.0 cm³/mol. The molecule has 7 N–H and O–H groups in total. The van der Waals surface area contributed by atoms with Crippen LogP contribution in [-0.4, -0.2) is 55.7 Å². The highest BCUT2D eigenvalue weighted by molar-refractivity contribution is 7.80. The Morgan fingerprint density at radius 3 is 2.53 bits per heavy atom. The lowest BCUT2D eigenvalue weighted by molar-refractivity contribution is -0.0652. The molecule has 1 saturated carbocycles. The fourth-order valence-corrected chi connectivity index (χ4v) is 1.38. The first-order valence-electron chi connectivity index (χ1n) is 4.28. The number of hydrazone groups is 1. The van der Waals surface area contributed by atoms with Gasteiger partial charge in [0.1, 0.15) is 12.2 Å². The van der Waals surface area contributed by atoms with Crippen LogP contribution in [0.4, 0.5) is 0 Å². The first-order chi connectivity index (χ1) is 6.93. The van der Waals surface area contributed by atoms with E-state index in [0.29, 0.717) is 0 Å². The van der Waals surface area contributed by atoms with Gasteiger partial charge in [-0.2, -0.15) is 5.10 Å². The highest BCUT2D eigenvalue weighted by atomic mass is 32.1. The monoisotopic (exact) mass is 235 g/mol. The molecule has 0 saturated heterocycles.